The van der Waals surface area contributed by atoms with Gasteiger partial charge >= 0.3 is 0 Å². The first-order chi connectivity index (χ1) is 10.0. The van der Waals surface area contributed by atoms with E-state index in [1.807, 2.05) is 6.07 Å². The fraction of sp³-hybridized carbons (Fsp3) is 0.684. The van der Waals surface area contributed by atoms with Crippen molar-refractivity contribution in [1.82, 2.24) is 5.32 Å². The Kier molecular flexibility index (Phi) is 5.45. The topological polar surface area (TPSA) is 32.3 Å². The van der Waals surface area contributed by atoms with E-state index in [0.717, 1.165) is 25.3 Å². The van der Waals surface area contributed by atoms with Crippen LogP contribution < -0.4 is 5.32 Å². The highest BCUT2D eigenvalue weighted by molar-refractivity contribution is 5.15. The van der Waals surface area contributed by atoms with E-state index in [9.17, 15) is 5.11 Å². The summed E-state index contributed by atoms with van der Waals surface area (Å²) in [5.41, 5.74) is 1.65. The predicted molar refractivity (Wildman–Crippen MR) is 89.1 cm³/mol. The third-order valence-electron chi connectivity index (χ3n) is 5.77. The molecule has 0 spiro atoms. The first kappa shape index (κ1) is 16.5. The molecule has 0 heterocycles. The van der Waals surface area contributed by atoms with Gasteiger partial charge in [0.2, 0.25) is 0 Å². The van der Waals surface area contributed by atoms with Crippen LogP contribution in [0.15, 0.2) is 30.3 Å². The van der Waals surface area contributed by atoms with E-state index < -0.39 is 0 Å². The zero-order valence-electron chi connectivity index (χ0n) is 13.9. The molecule has 0 unspecified atom stereocenters. The van der Waals surface area contributed by atoms with Crippen molar-refractivity contribution in [3.63, 3.8) is 0 Å². The smallest absolute Gasteiger partial charge is 0.0613 e. The molecular formula is C19H31NO. The Morgan fingerprint density at radius 3 is 2.33 bits per heavy atom. The van der Waals surface area contributed by atoms with Gasteiger partial charge in [-0.05, 0) is 42.6 Å². The van der Waals surface area contributed by atoms with E-state index in [2.05, 4.69) is 50.4 Å². The Bertz CT molecular complexity index is 418. The van der Waals surface area contributed by atoms with E-state index in [0.29, 0.717) is 5.41 Å². The summed E-state index contributed by atoms with van der Waals surface area (Å²) < 4.78 is 0. The first-order valence-corrected chi connectivity index (χ1v) is 8.41. The Labute approximate surface area is 130 Å². The van der Waals surface area contributed by atoms with Crippen molar-refractivity contribution in [3.05, 3.63) is 35.9 Å². The number of nitrogens with one attached hydrogen (secondary N) is 1. The molecule has 1 aromatic carbocycles. The van der Waals surface area contributed by atoms with E-state index in [1.165, 1.54) is 24.8 Å². The van der Waals surface area contributed by atoms with Crippen molar-refractivity contribution < 1.29 is 5.11 Å². The molecule has 0 aliphatic heterocycles. The van der Waals surface area contributed by atoms with Crippen LogP contribution in [0.5, 0.6) is 0 Å². The standard InChI is InChI=1S/C19H31NO/c1-4-18(2,3)17-10-12-19(15-21,13-11-17)20-14-16-8-6-5-7-9-16/h5-9,17,20-21H,4,10-15H2,1-3H3. The second-order valence-electron chi connectivity index (χ2n) is 7.39. The lowest BCUT2D eigenvalue weighted by atomic mass is 9.65. The van der Waals surface area contributed by atoms with E-state index in [4.69, 9.17) is 0 Å². The van der Waals surface area contributed by atoms with Crippen molar-refractivity contribution in [2.45, 2.75) is 65.0 Å². The molecule has 0 amide bonds. The average Bonchev–Trinajstić information content (AvgIpc) is 2.54. The molecule has 2 nitrogen and oxygen atoms in total. The van der Waals surface area contributed by atoms with Gasteiger partial charge in [-0.25, -0.2) is 0 Å². The van der Waals surface area contributed by atoms with Crippen LogP contribution in [0, 0.1) is 11.3 Å². The molecule has 1 aliphatic rings. The van der Waals surface area contributed by atoms with Crippen LogP contribution in [0.25, 0.3) is 0 Å². The zero-order chi connectivity index (χ0) is 15.3. The second-order valence-corrected chi connectivity index (χ2v) is 7.39. The molecule has 118 valence electrons. The molecule has 1 aliphatic carbocycles. The molecule has 1 fully saturated rings. The average molecular weight is 289 g/mol. The molecule has 0 aromatic heterocycles. The summed E-state index contributed by atoms with van der Waals surface area (Å²) in [5, 5.41) is 13.5. The molecule has 2 rings (SSSR count). The summed E-state index contributed by atoms with van der Waals surface area (Å²) in [4.78, 5) is 0. The molecule has 0 radical (unpaired) electrons. The van der Waals surface area contributed by atoms with Crippen LogP contribution in [-0.2, 0) is 6.54 Å². The van der Waals surface area contributed by atoms with Crippen molar-refractivity contribution >= 4 is 0 Å². The fourth-order valence-electron chi connectivity index (χ4n) is 3.52. The normalized spacial score (nSPS) is 26.8. The third-order valence-corrected chi connectivity index (χ3v) is 5.77. The van der Waals surface area contributed by atoms with E-state index in [1.54, 1.807) is 0 Å². The van der Waals surface area contributed by atoms with Gasteiger partial charge in [-0.3, -0.25) is 0 Å². The molecule has 2 N–H and O–H groups in total. The first-order valence-electron chi connectivity index (χ1n) is 8.41. The molecule has 0 bridgehead atoms. The van der Waals surface area contributed by atoms with Crippen LogP contribution in [0.3, 0.4) is 0 Å². The van der Waals surface area contributed by atoms with Crippen LogP contribution in [0.2, 0.25) is 0 Å². The molecule has 21 heavy (non-hydrogen) atoms. The number of aliphatic hydroxyl groups is 1. The Balaban J connectivity index is 1.92. The third kappa shape index (κ3) is 4.08. The monoisotopic (exact) mass is 289 g/mol. The van der Waals surface area contributed by atoms with E-state index >= 15 is 0 Å². The number of hydrogen-bond donors (Lipinski definition) is 2. The van der Waals surface area contributed by atoms with Gasteiger partial charge in [-0.1, -0.05) is 57.5 Å². The van der Waals surface area contributed by atoms with Crippen molar-refractivity contribution in [2.24, 2.45) is 11.3 Å². The van der Waals surface area contributed by atoms with Crippen molar-refractivity contribution in [1.29, 1.82) is 0 Å². The second kappa shape index (κ2) is 6.93. The summed E-state index contributed by atoms with van der Waals surface area (Å²) in [5.74, 6) is 0.792. The van der Waals surface area contributed by atoms with Gasteiger partial charge in [0.1, 0.15) is 0 Å². The largest absolute Gasteiger partial charge is 0.394 e. The summed E-state index contributed by atoms with van der Waals surface area (Å²) in [6.45, 7) is 8.17. The highest BCUT2D eigenvalue weighted by Gasteiger charge is 2.38. The van der Waals surface area contributed by atoms with Gasteiger partial charge in [0.05, 0.1) is 6.61 Å². The summed E-state index contributed by atoms with van der Waals surface area (Å²) in [6.07, 6.45) is 5.86. The maximum absolute atomic E-state index is 9.90. The highest BCUT2D eigenvalue weighted by Crippen LogP contribution is 2.43. The van der Waals surface area contributed by atoms with Crippen LogP contribution in [0.1, 0.15) is 58.4 Å². The van der Waals surface area contributed by atoms with Crippen LogP contribution >= 0.6 is 0 Å². The van der Waals surface area contributed by atoms with Gasteiger partial charge in [0.15, 0.2) is 0 Å². The van der Waals surface area contributed by atoms with E-state index in [-0.39, 0.29) is 12.1 Å². The number of hydrogen-bond acceptors (Lipinski definition) is 2. The van der Waals surface area contributed by atoms with Crippen molar-refractivity contribution in [3.8, 4) is 0 Å². The quantitative estimate of drug-likeness (QED) is 0.825. The van der Waals surface area contributed by atoms with Gasteiger partial charge in [0, 0.05) is 12.1 Å². The number of benzene rings is 1. The van der Waals surface area contributed by atoms with Crippen molar-refractivity contribution in [2.75, 3.05) is 6.61 Å². The summed E-state index contributed by atoms with van der Waals surface area (Å²) in [6, 6.07) is 10.5. The summed E-state index contributed by atoms with van der Waals surface area (Å²) in [7, 11) is 0. The minimum atomic E-state index is -0.0733. The lowest BCUT2D eigenvalue weighted by molar-refractivity contribution is 0.0601. The predicted octanol–water partition coefficient (Wildman–Crippen LogP) is 4.13. The Morgan fingerprint density at radius 2 is 1.81 bits per heavy atom. The van der Waals surface area contributed by atoms with Gasteiger partial charge in [-0.15, -0.1) is 0 Å². The Morgan fingerprint density at radius 1 is 1.19 bits per heavy atom. The van der Waals surface area contributed by atoms with Crippen LogP contribution in [-0.4, -0.2) is 17.3 Å². The molecule has 2 heteroatoms. The maximum atomic E-state index is 9.90. The maximum Gasteiger partial charge on any atom is 0.0613 e. The minimum Gasteiger partial charge on any atom is -0.394 e. The molecule has 0 atom stereocenters. The molecular weight excluding hydrogens is 258 g/mol. The minimum absolute atomic E-state index is 0.0733. The molecule has 1 aromatic rings. The highest BCUT2D eigenvalue weighted by atomic mass is 16.3. The van der Waals surface area contributed by atoms with Gasteiger partial charge in [-0.2, -0.15) is 0 Å². The lowest BCUT2D eigenvalue weighted by Gasteiger charge is -2.45. The van der Waals surface area contributed by atoms with Gasteiger partial charge in [0.25, 0.3) is 0 Å². The SMILES string of the molecule is CCC(C)(C)C1CCC(CO)(NCc2ccccc2)CC1. The van der Waals surface area contributed by atoms with Crippen LogP contribution in [0.4, 0.5) is 0 Å². The summed E-state index contributed by atoms with van der Waals surface area (Å²) >= 11 is 0. The Hall–Kier alpha value is -0.860. The zero-order valence-corrected chi connectivity index (χ0v) is 13.9. The molecule has 1 saturated carbocycles. The fourth-order valence-corrected chi connectivity index (χ4v) is 3.52. The van der Waals surface area contributed by atoms with Gasteiger partial charge < -0.3 is 10.4 Å². The number of aliphatic hydroxyl groups excluding tert-OH is 1. The number of rotatable bonds is 6. The lowest BCUT2D eigenvalue weighted by Crippen LogP contribution is -2.51. The molecule has 0 saturated heterocycles.